The van der Waals surface area contributed by atoms with E-state index in [9.17, 15) is 4.79 Å². The molecule has 0 radical (unpaired) electrons. The van der Waals surface area contributed by atoms with Crippen molar-refractivity contribution < 1.29 is 9.53 Å². The van der Waals surface area contributed by atoms with Crippen molar-refractivity contribution in [2.24, 2.45) is 5.11 Å². The van der Waals surface area contributed by atoms with Gasteiger partial charge >= 0.3 is 0 Å². The maximum absolute atomic E-state index is 11.7. The van der Waals surface area contributed by atoms with Crippen molar-refractivity contribution in [1.29, 1.82) is 0 Å². The second kappa shape index (κ2) is 3.40. The molecule has 1 atom stereocenters. The highest BCUT2D eigenvalue weighted by Crippen LogP contribution is 2.25. The van der Waals surface area contributed by atoms with Gasteiger partial charge in [0.15, 0.2) is 5.78 Å². The van der Waals surface area contributed by atoms with E-state index in [1.165, 1.54) is 0 Å². The van der Waals surface area contributed by atoms with Crippen molar-refractivity contribution in [3.05, 3.63) is 40.3 Å². The summed E-state index contributed by atoms with van der Waals surface area (Å²) < 4.78 is 5.27. The third-order valence-electron chi connectivity index (χ3n) is 2.04. The molecule has 14 heavy (non-hydrogen) atoms. The Hall–Kier alpha value is -2.00. The first kappa shape index (κ1) is 8.59. The standard InChI is InChI=1S/C9H7N3O2/c10-12-11-7-5-14-8-4-2-1-3-6(8)9(7)13/h1-4,7H,5H2. The van der Waals surface area contributed by atoms with Crippen LogP contribution in [0.15, 0.2) is 29.4 Å². The molecule has 0 fully saturated rings. The first-order valence-electron chi connectivity index (χ1n) is 4.13. The molecule has 5 nitrogen and oxygen atoms in total. The number of hydrogen-bond donors (Lipinski definition) is 0. The van der Waals surface area contributed by atoms with Gasteiger partial charge < -0.3 is 4.74 Å². The lowest BCUT2D eigenvalue weighted by Crippen LogP contribution is -2.30. The van der Waals surface area contributed by atoms with Gasteiger partial charge in [-0.05, 0) is 17.7 Å². The monoisotopic (exact) mass is 189 g/mol. The van der Waals surface area contributed by atoms with Crippen LogP contribution in [0, 0.1) is 0 Å². The van der Waals surface area contributed by atoms with Gasteiger partial charge in [-0.2, -0.15) is 0 Å². The molecule has 5 heteroatoms. The normalized spacial score (nSPS) is 19.1. The Morgan fingerprint density at radius 1 is 1.50 bits per heavy atom. The highest BCUT2D eigenvalue weighted by molar-refractivity contribution is 6.03. The van der Waals surface area contributed by atoms with Crippen LogP contribution in [0.3, 0.4) is 0 Å². The van der Waals surface area contributed by atoms with Crippen molar-refractivity contribution in [1.82, 2.24) is 0 Å². The molecule has 2 rings (SSSR count). The molecule has 0 aliphatic carbocycles. The lowest BCUT2D eigenvalue weighted by atomic mass is 10.0. The summed E-state index contributed by atoms with van der Waals surface area (Å²) in [6.07, 6.45) is 0. The minimum atomic E-state index is -0.727. The molecule has 1 aliphatic rings. The van der Waals surface area contributed by atoms with Gasteiger partial charge in [0.25, 0.3) is 0 Å². The molecule has 0 saturated carbocycles. The molecule has 0 amide bonds. The van der Waals surface area contributed by atoms with Crippen LogP contribution in [0.2, 0.25) is 0 Å². The quantitative estimate of drug-likeness (QED) is 0.384. The molecule has 1 unspecified atom stereocenters. The lowest BCUT2D eigenvalue weighted by molar-refractivity contribution is 0.0900. The number of fused-ring (bicyclic) bond motifs is 1. The van der Waals surface area contributed by atoms with Crippen LogP contribution in [0.1, 0.15) is 10.4 Å². The first-order valence-corrected chi connectivity index (χ1v) is 4.13. The van der Waals surface area contributed by atoms with Gasteiger partial charge in [-0.3, -0.25) is 4.79 Å². The Kier molecular flexibility index (Phi) is 2.08. The van der Waals surface area contributed by atoms with Gasteiger partial charge in [0.2, 0.25) is 0 Å². The molecule has 0 N–H and O–H groups in total. The van der Waals surface area contributed by atoms with E-state index in [2.05, 4.69) is 10.0 Å². The summed E-state index contributed by atoms with van der Waals surface area (Å²) in [5, 5.41) is 3.37. The molecular formula is C9H7N3O2. The number of carbonyl (C=O) groups is 1. The van der Waals surface area contributed by atoms with Crippen LogP contribution in [0.5, 0.6) is 5.75 Å². The van der Waals surface area contributed by atoms with Crippen molar-refractivity contribution in [2.45, 2.75) is 6.04 Å². The molecular weight excluding hydrogens is 182 g/mol. The number of para-hydroxylation sites is 1. The lowest BCUT2D eigenvalue weighted by Gasteiger charge is -2.20. The predicted octanol–water partition coefficient (Wildman–Crippen LogP) is 1.94. The highest BCUT2D eigenvalue weighted by Gasteiger charge is 2.27. The van der Waals surface area contributed by atoms with E-state index >= 15 is 0 Å². The van der Waals surface area contributed by atoms with Gasteiger partial charge in [-0.15, -0.1) is 0 Å². The fourth-order valence-electron chi connectivity index (χ4n) is 1.37. The van der Waals surface area contributed by atoms with Crippen LogP contribution >= 0.6 is 0 Å². The number of Topliss-reactive ketones (excluding diaryl/α,β-unsaturated/α-hetero) is 1. The number of ether oxygens (including phenoxy) is 1. The molecule has 0 saturated heterocycles. The van der Waals surface area contributed by atoms with Crippen LogP contribution in [0.4, 0.5) is 0 Å². The Morgan fingerprint density at radius 3 is 3.07 bits per heavy atom. The number of nitrogens with zero attached hydrogens (tertiary/aromatic N) is 3. The van der Waals surface area contributed by atoms with Crippen molar-refractivity contribution in [3.63, 3.8) is 0 Å². The molecule has 0 bridgehead atoms. The fraction of sp³-hybridized carbons (Fsp3) is 0.222. The first-order chi connectivity index (χ1) is 6.83. The third kappa shape index (κ3) is 1.30. The zero-order valence-electron chi connectivity index (χ0n) is 7.25. The van der Waals surface area contributed by atoms with Crippen LogP contribution in [-0.4, -0.2) is 18.4 Å². The zero-order chi connectivity index (χ0) is 9.97. The molecule has 1 aliphatic heterocycles. The molecule has 1 aromatic rings. The van der Waals surface area contributed by atoms with Gasteiger partial charge in [0, 0.05) is 4.91 Å². The molecule has 0 aromatic heterocycles. The topological polar surface area (TPSA) is 75.1 Å². The number of benzene rings is 1. The summed E-state index contributed by atoms with van der Waals surface area (Å²) in [4.78, 5) is 14.3. The van der Waals surface area contributed by atoms with E-state index in [0.29, 0.717) is 11.3 Å². The maximum atomic E-state index is 11.7. The number of hydrogen-bond acceptors (Lipinski definition) is 3. The minimum absolute atomic E-state index is 0.125. The summed E-state index contributed by atoms with van der Waals surface area (Å²) >= 11 is 0. The van der Waals surface area contributed by atoms with E-state index < -0.39 is 6.04 Å². The Morgan fingerprint density at radius 2 is 2.29 bits per heavy atom. The Balaban J connectivity index is 2.41. The Bertz CT molecular complexity index is 424. The molecule has 1 heterocycles. The average molecular weight is 189 g/mol. The number of ketones is 1. The average Bonchev–Trinajstić information content (AvgIpc) is 2.23. The van der Waals surface area contributed by atoms with Crippen molar-refractivity contribution in [2.75, 3.05) is 6.61 Å². The zero-order valence-corrected chi connectivity index (χ0v) is 7.25. The van der Waals surface area contributed by atoms with Crippen LogP contribution < -0.4 is 4.74 Å². The summed E-state index contributed by atoms with van der Waals surface area (Å²) in [5.41, 5.74) is 8.72. The van der Waals surface area contributed by atoms with Crippen LogP contribution in [-0.2, 0) is 0 Å². The molecule has 0 spiro atoms. The van der Waals surface area contributed by atoms with E-state index in [1.54, 1.807) is 24.3 Å². The van der Waals surface area contributed by atoms with Gasteiger partial charge in [-0.25, -0.2) is 0 Å². The summed E-state index contributed by atoms with van der Waals surface area (Å²) in [6, 6.07) is 6.20. The van der Waals surface area contributed by atoms with E-state index in [4.69, 9.17) is 10.3 Å². The minimum Gasteiger partial charge on any atom is -0.492 e. The highest BCUT2D eigenvalue weighted by atomic mass is 16.5. The Labute approximate surface area is 79.9 Å². The predicted molar refractivity (Wildman–Crippen MR) is 49.2 cm³/mol. The fourth-order valence-corrected chi connectivity index (χ4v) is 1.37. The third-order valence-corrected chi connectivity index (χ3v) is 2.04. The molecule has 1 aromatic carbocycles. The second-order valence-corrected chi connectivity index (χ2v) is 2.89. The van der Waals surface area contributed by atoms with E-state index in [1.807, 2.05) is 0 Å². The van der Waals surface area contributed by atoms with Crippen molar-refractivity contribution in [3.8, 4) is 5.75 Å². The number of carbonyl (C=O) groups excluding carboxylic acids is 1. The van der Waals surface area contributed by atoms with Crippen LogP contribution in [0.25, 0.3) is 10.4 Å². The van der Waals surface area contributed by atoms with E-state index in [-0.39, 0.29) is 12.4 Å². The number of rotatable bonds is 1. The SMILES string of the molecule is [N-]=[N+]=NC1COc2ccccc2C1=O. The smallest absolute Gasteiger partial charge is 0.178 e. The summed E-state index contributed by atoms with van der Waals surface area (Å²) in [7, 11) is 0. The van der Waals surface area contributed by atoms with Gasteiger partial charge in [0.05, 0.1) is 5.56 Å². The van der Waals surface area contributed by atoms with Crippen molar-refractivity contribution >= 4 is 5.78 Å². The maximum Gasteiger partial charge on any atom is 0.178 e. The largest absolute Gasteiger partial charge is 0.492 e. The van der Waals surface area contributed by atoms with Gasteiger partial charge in [-0.1, -0.05) is 17.2 Å². The second-order valence-electron chi connectivity index (χ2n) is 2.89. The molecule has 70 valence electrons. The van der Waals surface area contributed by atoms with Gasteiger partial charge in [0.1, 0.15) is 18.4 Å². The van der Waals surface area contributed by atoms with E-state index in [0.717, 1.165) is 0 Å². The number of azide groups is 1. The summed E-state index contributed by atoms with van der Waals surface area (Å²) in [5.74, 6) is 0.381. The summed E-state index contributed by atoms with van der Waals surface area (Å²) in [6.45, 7) is 0.125.